The fourth-order valence-corrected chi connectivity index (χ4v) is 2.96. The molecule has 1 saturated carbocycles. The molecule has 1 aliphatic rings. The molecule has 1 aliphatic carbocycles. The van der Waals surface area contributed by atoms with Gasteiger partial charge in [0.2, 0.25) is 0 Å². The first-order valence-corrected chi connectivity index (χ1v) is 6.92. The standard InChI is InChI=1S/C13H28N2O2/c1-2-8-15(9-12(17)10-16)13(11-14)6-4-3-5-7-13/h12,16-17H,2-11,14H2,1H3. The Morgan fingerprint density at radius 1 is 1.29 bits per heavy atom. The Morgan fingerprint density at radius 3 is 2.41 bits per heavy atom. The molecule has 0 aromatic heterocycles. The summed E-state index contributed by atoms with van der Waals surface area (Å²) >= 11 is 0. The van der Waals surface area contributed by atoms with Crippen LogP contribution in [0.1, 0.15) is 45.4 Å². The van der Waals surface area contributed by atoms with Crippen LogP contribution in [0, 0.1) is 0 Å². The van der Waals surface area contributed by atoms with Crippen LogP contribution in [0.4, 0.5) is 0 Å². The van der Waals surface area contributed by atoms with Gasteiger partial charge in [-0.25, -0.2) is 0 Å². The summed E-state index contributed by atoms with van der Waals surface area (Å²) in [7, 11) is 0. The van der Waals surface area contributed by atoms with Gasteiger partial charge in [0.05, 0.1) is 12.7 Å². The average molecular weight is 244 g/mol. The summed E-state index contributed by atoms with van der Waals surface area (Å²) in [6.45, 7) is 4.13. The summed E-state index contributed by atoms with van der Waals surface area (Å²) in [5.41, 5.74) is 6.06. The van der Waals surface area contributed by atoms with E-state index in [9.17, 15) is 5.11 Å². The highest BCUT2D eigenvalue weighted by Crippen LogP contribution is 2.33. The third kappa shape index (κ3) is 3.91. The lowest BCUT2D eigenvalue weighted by atomic mass is 9.80. The Hall–Kier alpha value is -0.160. The summed E-state index contributed by atoms with van der Waals surface area (Å²) in [5.74, 6) is 0. The summed E-state index contributed by atoms with van der Waals surface area (Å²) < 4.78 is 0. The van der Waals surface area contributed by atoms with Gasteiger partial charge in [-0.15, -0.1) is 0 Å². The van der Waals surface area contributed by atoms with Crippen molar-refractivity contribution in [2.45, 2.75) is 57.1 Å². The predicted octanol–water partition coefficient (Wildman–Crippen LogP) is 0.713. The van der Waals surface area contributed by atoms with E-state index in [-0.39, 0.29) is 12.1 Å². The molecule has 1 atom stereocenters. The molecule has 0 heterocycles. The van der Waals surface area contributed by atoms with Crippen molar-refractivity contribution in [1.82, 2.24) is 4.90 Å². The molecule has 0 saturated heterocycles. The fraction of sp³-hybridized carbons (Fsp3) is 1.00. The number of aliphatic hydroxyl groups is 2. The lowest BCUT2D eigenvalue weighted by molar-refractivity contribution is -0.00367. The van der Waals surface area contributed by atoms with E-state index in [4.69, 9.17) is 10.8 Å². The molecule has 0 aromatic carbocycles. The highest BCUT2D eigenvalue weighted by atomic mass is 16.3. The molecule has 0 radical (unpaired) electrons. The first-order valence-electron chi connectivity index (χ1n) is 6.92. The number of rotatable bonds is 7. The van der Waals surface area contributed by atoms with Crippen molar-refractivity contribution in [2.75, 3.05) is 26.2 Å². The molecule has 102 valence electrons. The Labute approximate surface area is 105 Å². The Balaban J connectivity index is 2.70. The van der Waals surface area contributed by atoms with Crippen LogP contribution in [0.3, 0.4) is 0 Å². The molecule has 1 fully saturated rings. The van der Waals surface area contributed by atoms with Gasteiger partial charge in [0.25, 0.3) is 0 Å². The maximum absolute atomic E-state index is 9.66. The highest BCUT2D eigenvalue weighted by Gasteiger charge is 2.36. The van der Waals surface area contributed by atoms with E-state index in [0.717, 1.165) is 25.8 Å². The molecule has 17 heavy (non-hydrogen) atoms. The van der Waals surface area contributed by atoms with E-state index in [1.165, 1.54) is 19.3 Å². The zero-order chi connectivity index (χ0) is 12.7. The minimum Gasteiger partial charge on any atom is -0.394 e. The predicted molar refractivity (Wildman–Crippen MR) is 69.8 cm³/mol. The normalized spacial score (nSPS) is 21.7. The van der Waals surface area contributed by atoms with Crippen LogP contribution in [-0.4, -0.2) is 53.0 Å². The van der Waals surface area contributed by atoms with Crippen molar-refractivity contribution in [2.24, 2.45) is 5.73 Å². The lowest BCUT2D eigenvalue weighted by Crippen LogP contribution is -2.57. The number of aliphatic hydroxyl groups excluding tert-OH is 2. The van der Waals surface area contributed by atoms with E-state index in [1.54, 1.807) is 0 Å². The molecule has 0 spiro atoms. The number of hydrogen-bond donors (Lipinski definition) is 3. The van der Waals surface area contributed by atoms with Crippen molar-refractivity contribution >= 4 is 0 Å². The van der Waals surface area contributed by atoms with Crippen molar-refractivity contribution in [3.05, 3.63) is 0 Å². The quantitative estimate of drug-likeness (QED) is 0.617. The first-order chi connectivity index (χ1) is 8.18. The monoisotopic (exact) mass is 244 g/mol. The molecule has 1 unspecified atom stereocenters. The topological polar surface area (TPSA) is 69.7 Å². The molecule has 0 aromatic rings. The summed E-state index contributed by atoms with van der Waals surface area (Å²) in [6, 6.07) is 0. The van der Waals surface area contributed by atoms with Gasteiger partial charge in [-0.05, 0) is 25.8 Å². The molecule has 0 aliphatic heterocycles. The minimum atomic E-state index is -0.646. The van der Waals surface area contributed by atoms with Gasteiger partial charge in [-0.3, -0.25) is 4.90 Å². The average Bonchev–Trinajstić information content (AvgIpc) is 2.38. The van der Waals surface area contributed by atoms with Crippen LogP contribution in [0.5, 0.6) is 0 Å². The Bertz CT molecular complexity index is 206. The van der Waals surface area contributed by atoms with E-state index >= 15 is 0 Å². The van der Waals surface area contributed by atoms with E-state index in [2.05, 4.69) is 11.8 Å². The van der Waals surface area contributed by atoms with E-state index in [0.29, 0.717) is 13.1 Å². The zero-order valence-corrected chi connectivity index (χ0v) is 11.1. The van der Waals surface area contributed by atoms with E-state index < -0.39 is 6.10 Å². The highest BCUT2D eigenvalue weighted by molar-refractivity contribution is 4.94. The van der Waals surface area contributed by atoms with Gasteiger partial charge in [0.15, 0.2) is 0 Å². The summed E-state index contributed by atoms with van der Waals surface area (Å²) in [4.78, 5) is 2.31. The molecule has 0 bridgehead atoms. The van der Waals surface area contributed by atoms with Gasteiger partial charge in [-0.2, -0.15) is 0 Å². The van der Waals surface area contributed by atoms with Crippen molar-refractivity contribution in [1.29, 1.82) is 0 Å². The third-order valence-electron chi connectivity index (χ3n) is 3.97. The molecule has 1 rings (SSSR count). The Morgan fingerprint density at radius 2 is 1.94 bits per heavy atom. The SMILES string of the molecule is CCCN(CC(O)CO)C1(CN)CCCCC1. The molecular formula is C13H28N2O2. The second-order valence-electron chi connectivity index (χ2n) is 5.27. The number of nitrogens with zero attached hydrogens (tertiary/aromatic N) is 1. The molecule has 0 amide bonds. The van der Waals surface area contributed by atoms with E-state index in [1.807, 2.05) is 0 Å². The van der Waals surface area contributed by atoms with Gasteiger partial charge in [0.1, 0.15) is 0 Å². The summed E-state index contributed by atoms with van der Waals surface area (Å²) in [6.07, 6.45) is 6.42. The summed E-state index contributed by atoms with van der Waals surface area (Å²) in [5, 5.41) is 18.7. The molecular weight excluding hydrogens is 216 g/mol. The molecule has 4 heteroatoms. The largest absolute Gasteiger partial charge is 0.394 e. The smallest absolute Gasteiger partial charge is 0.0897 e. The van der Waals surface area contributed by atoms with Gasteiger partial charge in [-0.1, -0.05) is 26.2 Å². The lowest BCUT2D eigenvalue weighted by Gasteiger charge is -2.46. The zero-order valence-electron chi connectivity index (χ0n) is 11.1. The van der Waals surface area contributed by atoms with Crippen LogP contribution in [-0.2, 0) is 0 Å². The third-order valence-corrected chi connectivity index (χ3v) is 3.97. The van der Waals surface area contributed by atoms with Gasteiger partial charge < -0.3 is 15.9 Å². The maximum atomic E-state index is 9.66. The number of nitrogens with two attached hydrogens (primary N) is 1. The van der Waals surface area contributed by atoms with Crippen molar-refractivity contribution in [3.8, 4) is 0 Å². The molecule has 4 N–H and O–H groups in total. The first kappa shape index (κ1) is 14.9. The van der Waals surface area contributed by atoms with Crippen LogP contribution in [0.25, 0.3) is 0 Å². The number of hydrogen-bond acceptors (Lipinski definition) is 4. The van der Waals surface area contributed by atoms with Crippen LogP contribution >= 0.6 is 0 Å². The van der Waals surface area contributed by atoms with Crippen molar-refractivity contribution < 1.29 is 10.2 Å². The second kappa shape index (κ2) is 7.31. The number of β-amino-alcohol motifs (C(OH)–C–C–N with tert-alkyl or cyclic N) is 1. The van der Waals surface area contributed by atoms with Crippen LogP contribution in [0.2, 0.25) is 0 Å². The van der Waals surface area contributed by atoms with Gasteiger partial charge in [0, 0.05) is 18.6 Å². The van der Waals surface area contributed by atoms with Crippen LogP contribution in [0.15, 0.2) is 0 Å². The fourth-order valence-electron chi connectivity index (χ4n) is 2.96. The van der Waals surface area contributed by atoms with Gasteiger partial charge >= 0.3 is 0 Å². The minimum absolute atomic E-state index is 0.0599. The Kier molecular flexibility index (Phi) is 6.41. The van der Waals surface area contributed by atoms with Crippen LogP contribution < -0.4 is 5.73 Å². The molecule has 4 nitrogen and oxygen atoms in total. The van der Waals surface area contributed by atoms with Crippen molar-refractivity contribution in [3.63, 3.8) is 0 Å². The second-order valence-corrected chi connectivity index (χ2v) is 5.27. The maximum Gasteiger partial charge on any atom is 0.0897 e.